The van der Waals surface area contributed by atoms with E-state index in [1.54, 1.807) is 0 Å². The molecular weight excluding hydrogens is 311 g/mol. The summed E-state index contributed by atoms with van der Waals surface area (Å²) in [5.74, 6) is -11.3. The second-order valence-electron chi connectivity index (χ2n) is 4.31. The number of aryl methyl sites for hydroxylation is 1. The van der Waals surface area contributed by atoms with Crippen molar-refractivity contribution in [3.63, 3.8) is 0 Å². The molecule has 0 atom stereocenters. The maximum Gasteiger partial charge on any atom is 0.511 e. The molecule has 3 nitrogen and oxygen atoms in total. The van der Waals surface area contributed by atoms with Crippen LogP contribution in [0, 0.1) is 36.0 Å². The molecular formula is C14H7F5O3. The fourth-order valence-corrected chi connectivity index (χ4v) is 1.86. The molecule has 2 aromatic rings. The Morgan fingerprint density at radius 1 is 0.955 bits per heavy atom. The lowest BCUT2D eigenvalue weighted by atomic mass is 10.0. The molecule has 0 unspecified atom stereocenters. The standard InChI is InChI=1S/C14H7F5O3/c1-5-2-3-7(22-14(20)21)6(4-5)8-9(15)11(17)13(19)12(18)10(8)16/h2-4H,1H3,(H,20,21). The van der Waals surface area contributed by atoms with Crippen LogP contribution < -0.4 is 4.74 Å². The second-order valence-corrected chi connectivity index (χ2v) is 4.31. The van der Waals surface area contributed by atoms with Crippen molar-refractivity contribution >= 4 is 6.16 Å². The van der Waals surface area contributed by atoms with E-state index in [9.17, 15) is 26.7 Å². The molecule has 0 amide bonds. The van der Waals surface area contributed by atoms with E-state index in [0.29, 0.717) is 5.56 Å². The SMILES string of the molecule is Cc1ccc(OC(=O)O)c(-c2c(F)c(F)c(F)c(F)c2F)c1. The molecule has 0 saturated carbocycles. The number of hydrogen-bond donors (Lipinski definition) is 1. The third-order valence-electron chi connectivity index (χ3n) is 2.81. The Kier molecular flexibility index (Phi) is 4.03. The minimum Gasteiger partial charge on any atom is -0.449 e. The van der Waals surface area contributed by atoms with Gasteiger partial charge in [0.05, 0.1) is 5.56 Å². The van der Waals surface area contributed by atoms with Crippen molar-refractivity contribution < 1.29 is 36.6 Å². The van der Waals surface area contributed by atoms with Gasteiger partial charge in [-0.15, -0.1) is 0 Å². The van der Waals surface area contributed by atoms with Crippen LogP contribution in [0.15, 0.2) is 18.2 Å². The normalized spacial score (nSPS) is 10.6. The summed E-state index contributed by atoms with van der Waals surface area (Å²) < 4.78 is 71.5. The largest absolute Gasteiger partial charge is 0.511 e. The summed E-state index contributed by atoms with van der Waals surface area (Å²) >= 11 is 0. The van der Waals surface area contributed by atoms with Crippen LogP contribution in [0.5, 0.6) is 5.75 Å². The second kappa shape index (κ2) is 5.63. The number of halogens is 5. The summed E-state index contributed by atoms with van der Waals surface area (Å²) in [7, 11) is 0. The first-order valence-corrected chi connectivity index (χ1v) is 5.77. The van der Waals surface area contributed by atoms with Gasteiger partial charge in [-0.25, -0.2) is 26.7 Å². The average Bonchev–Trinajstić information content (AvgIpc) is 2.45. The summed E-state index contributed by atoms with van der Waals surface area (Å²) in [6.07, 6.45) is -1.80. The van der Waals surface area contributed by atoms with Crippen LogP contribution in [-0.4, -0.2) is 11.3 Å². The van der Waals surface area contributed by atoms with Gasteiger partial charge < -0.3 is 9.84 Å². The first-order valence-electron chi connectivity index (χ1n) is 5.77. The lowest BCUT2D eigenvalue weighted by Crippen LogP contribution is -2.08. The highest BCUT2D eigenvalue weighted by atomic mass is 19.2. The monoisotopic (exact) mass is 318 g/mol. The maximum atomic E-state index is 13.8. The minimum atomic E-state index is -2.30. The van der Waals surface area contributed by atoms with Crippen molar-refractivity contribution in [3.8, 4) is 16.9 Å². The number of rotatable bonds is 2. The Labute approximate surface area is 120 Å². The smallest absolute Gasteiger partial charge is 0.449 e. The van der Waals surface area contributed by atoms with Crippen LogP contribution in [0.25, 0.3) is 11.1 Å². The van der Waals surface area contributed by atoms with Gasteiger partial charge in [-0.3, -0.25) is 0 Å². The molecule has 2 aromatic carbocycles. The van der Waals surface area contributed by atoms with E-state index >= 15 is 0 Å². The lowest BCUT2D eigenvalue weighted by molar-refractivity contribution is 0.144. The van der Waals surface area contributed by atoms with E-state index in [-0.39, 0.29) is 0 Å². The van der Waals surface area contributed by atoms with E-state index < -0.39 is 52.1 Å². The summed E-state index contributed by atoms with van der Waals surface area (Å²) in [4.78, 5) is 10.6. The third-order valence-corrected chi connectivity index (χ3v) is 2.81. The van der Waals surface area contributed by atoms with Gasteiger partial charge >= 0.3 is 6.16 Å². The van der Waals surface area contributed by atoms with Crippen molar-refractivity contribution in [3.05, 3.63) is 52.8 Å². The van der Waals surface area contributed by atoms with Crippen LogP contribution >= 0.6 is 0 Å². The number of carbonyl (C=O) groups is 1. The molecule has 0 saturated heterocycles. The minimum absolute atomic E-state index is 0.400. The van der Waals surface area contributed by atoms with Crippen LogP contribution in [0.2, 0.25) is 0 Å². The van der Waals surface area contributed by atoms with Gasteiger partial charge in [0.25, 0.3) is 0 Å². The fraction of sp³-hybridized carbons (Fsp3) is 0.0714. The molecule has 0 radical (unpaired) electrons. The number of benzene rings is 2. The van der Waals surface area contributed by atoms with Gasteiger partial charge in [0, 0.05) is 5.56 Å². The molecule has 0 aromatic heterocycles. The number of carboxylic acid groups (broad SMARTS) is 1. The summed E-state index contributed by atoms with van der Waals surface area (Å²) in [5.41, 5.74) is -1.41. The van der Waals surface area contributed by atoms with Gasteiger partial charge in [-0.05, 0) is 19.1 Å². The number of hydrogen-bond acceptors (Lipinski definition) is 2. The highest BCUT2D eigenvalue weighted by molar-refractivity contribution is 5.75. The molecule has 0 aliphatic heterocycles. The Morgan fingerprint density at radius 3 is 1.95 bits per heavy atom. The van der Waals surface area contributed by atoms with Gasteiger partial charge in [-0.1, -0.05) is 11.6 Å². The van der Waals surface area contributed by atoms with Crippen molar-refractivity contribution in [2.75, 3.05) is 0 Å². The molecule has 1 N–H and O–H groups in total. The molecule has 2 rings (SSSR count). The fourth-order valence-electron chi connectivity index (χ4n) is 1.86. The van der Waals surface area contributed by atoms with Gasteiger partial charge in [0.2, 0.25) is 5.82 Å². The highest BCUT2D eigenvalue weighted by Gasteiger charge is 2.28. The highest BCUT2D eigenvalue weighted by Crippen LogP contribution is 2.37. The number of ether oxygens (including phenoxy) is 1. The van der Waals surface area contributed by atoms with Crippen molar-refractivity contribution in [1.82, 2.24) is 0 Å². The van der Waals surface area contributed by atoms with Crippen LogP contribution in [0.1, 0.15) is 5.56 Å². The van der Waals surface area contributed by atoms with E-state index in [4.69, 9.17) is 5.11 Å². The van der Waals surface area contributed by atoms with E-state index in [2.05, 4.69) is 4.74 Å². The Bertz CT molecular complexity index is 745. The quantitative estimate of drug-likeness (QED) is 0.293. The van der Waals surface area contributed by atoms with Crippen molar-refractivity contribution in [2.24, 2.45) is 0 Å². The average molecular weight is 318 g/mol. The van der Waals surface area contributed by atoms with E-state index in [1.807, 2.05) is 0 Å². The molecule has 0 spiro atoms. The summed E-state index contributed by atoms with van der Waals surface area (Å²) in [5, 5.41) is 8.58. The molecule has 0 fully saturated rings. The van der Waals surface area contributed by atoms with Gasteiger partial charge in [0.1, 0.15) is 5.75 Å². The molecule has 8 heteroatoms. The lowest BCUT2D eigenvalue weighted by Gasteiger charge is -2.12. The van der Waals surface area contributed by atoms with Crippen LogP contribution in [0.3, 0.4) is 0 Å². The molecule has 0 aliphatic rings. The predicted molar refractivity (Wildman–Crippen MR) is 65.1 cm³/mol. The topological polar surface area (TPSA) is 46.5 Å². The van der Waals surface area contributed by atoms with Gasteiger partial charge in [0.15, 0.2) is 23.3 Å². The maximum absolute atomic E-state index is 13.8. The zero-order valence-electron chi connectivity index (χ0n) is 10.9. The molecule has 0 aliphatic carbocycles. The first kappa shape index (κ1) is 15.7. The van der Waals surface area contributed by atoms with Crippen LogP contribution in [-0.2, 0) is 0 Å². The summed E-state index contributed by atoms with van der Waals surface area (Å²) in [6.45, 7) is 1.49. The first-order chi connectivity index (χ1) is 10.2. The van der Waals surface area contributed by atoms with Crippen molar-refractivity contribution in [2.45, 2.75) is 6.92 Å². The molecule has 22 heavy (non-hydrogen) atoms. The van der Waals surface area contributed by atoms with Crippen molar-refractivity contribution in [1.29, 1.82) is 0 Å². The van der Waals surface area contributed by atoms with Crippen LogP contribution in [0.4, 0.5) is 26.7 Å². The Balaban J connectivity index is 2.82. The molecule has 116 valence electrons. The Morgan fingerprint density at radius 2 is 1.45 bits per heavy atom. The van der Waals surface area contributed by atoms with Gasteiger partial charge in [-0.2, -0.15) is 0 Å². The molecule has 0 heterocycles. The predicted octanol–water partition coefficient (Wildman–Crippen LogP) is 4.41. The molecule has 0 bridgehead atoms. The van der Waals surface area contributed by atoms with E-state index in [0.717, 1.165) is 12.1 Å². The summed E-state index contributed by atoms with van der Waals surface area (Å²) in [6, 6.07) is 3.46. The third kappa shape index (κ3) is 2.59. The zero-order valence-corrected chi connectivity index (χ0v) is 10.9. The Hall–Kier alpha value is -2.64. The zero-order chi connectivity index (χ0) is 16.6. The van der Waals surface area contributed by atoms with E-state index in [1.165, 1.54) is 13.0 Å².